The molecule has 8 heteroatoms. The van der Waals surface area contributed by atoms with Crippen LogP contribution in [0.25, 0.3) is 10.6 Å². The van der Waals surface area contributed by atoms with Gasteiger partial charge in [0.25, 0.3) is 10.0 Å². The van der Waals surface area contributed by atoms with Crippen LogP contribution in [0.3, 0.4) is 0 Å². The molecule has 0 unspecified atom stereocenters. The molecule has 1 aliphatic carbocycles. The molecule has 1 aliphatic rings. The molecule has 142 valence electrons. The van der Waals surface area contributed by atoms with E-state index < -0.39 is 10.0 Å². The lowest BCUT2D eigenvalue weighted by atomic mass is 10.1. The Balaban J connectivity index is 1.55. The van der Waals surface area contributed by atoms with Gasteiger partial charge >= 0.3 is 0 Å². The molecule has 1 aromatic carbocycles. The molecule has 0 saturated heterocycles. The first kappa shape index (κ1) is 18.7. The highest BCUT2D eigenvalue weighted by Gasteiger charge is 2.23. The van der Waals surface area contributed by atoms with Crippen molar-refractivity contribution in [1.29, 1.82) is 0 Å². The molecule has 1 saturated carbocycles. The Bertz CT molecular complexity index is 1070. The SMILES string of the molecule is Cc1cc(NS(=O)(=O)c2ccc(-c3cnc(C4CCCC4)o3)s2)ccc1Br. The van der Waals surface area contributed by atoms with Crippen molar-refractivity contribution in [1.82, 2.24) is 4.98 Å². The molecule has 3 aromatic rings. The molecule has 2 heterocycles. The maximum atomic E-state index is 12.7. The summed E-state index contributed by atoms with van der Waals surface area (Å²) in [5.74, 6) is 1.79. The molecule has 0 radical (unpaired) electrons. The second-order valence-electron chi connectivity index (χ2n) is 6.73. The minimum Gasteiger partial charge on any atom is -0.440 e. The van der Waals surface area contributed by atoms with Crippen molar-refractivity contribution in [3.05, 3.63) is 52.5 Å². The Morgan fingerprint density at radius 2 is 2.00 bits per heavy atom. The Kier molecular flexibility index (Phi) is 5.13. The molecule has 0 atom stereocenters. The average Bonchev–Trinajstić information content (AvgIpc) is 3.38. The fourth-order valence-electron chi connectivity index (χ4n) is 3.27. The van der Waals surface area contributed by atoms with Crippen LogP contribution in [0.15, 0.2) is 49.6 Å². The number of rotatable bonds is 5. The van der Waals surface area contributed by atoms with Crippen LogP contribution < -0.4 is 4.72 Å². The number of sulfonamides is 1. The van der Waals surface area contributed by atoms with Crippen LogP contribution in [0.2, 0.25) is 0 Å². The first-order valence-corrected chi connectivity index (χ1v) is 11.9. The van der Waals surface area contributed by atoms with Crippen LogP contribution in [-0.2, 0) is 10.0 Å². The Morgan fingerprint density at radius 1 is 1.22 bits per heavy atom. The summed E-state index contributed by atoms with van der Waals surface area (Å²) in [6.45, 7) is 1.91. The highest BCUT2D eigenvalue weighted by Crippen LogP contribution is 2.37. The van der Waals surface area contributed by atoms with E-state index in [1.807, 2.05) is 13.0 Å². The number of benzene rings is 1. The number of thiophene rings is 1. The second kappa shape index (κ2) is 7.41. The molecule has 5 nitrogen and oxygen atoms in total. The summed E-state index contributed by atoms with van der Waals surface area (Å²) in [7, 11) is -3.65. The van der Waals surface area contributed by atoms with Gasteiger partial charge < -0.3 is 4.42 Å². The van der Waals surface area contributed by atoms with Crippen molar-refractivity contribution >= 4 is 43.0 Å². The van der Waals surface area contributed by atoms with E-state index in [9.17, 15) is 8.42 Å². The molecule has 0 aliphatic heterocycles. The Morgan fingerprint density at radius 3 is 2.74 bits per heavy atom. The standard InChI is InChI=1S/C19H19BrN2O3S2/c1-12-10-14(6-7-15(12)20)22-27(23,24)18-9-8-17(26-18)16-11-21-19(25-16)13-4-2-3-5-13/h6-11,13,22H,2-5H2,1H3. The molecule has 4 rings (SSSR count). The van der Waals surface area contributed by atoms with Crippen molar-refractivity contribution in [3.63, 3.8) is 0 Å². The van der Waals surface area contributed by atoms with Crippen molar-refractivity contribution in [2.24, 2.45) is 0 Å². The normalized spacial score (nSPS) is 15.3. The number of anilines is 1. The van der Waals surface area contributed by atoms with Crippen LogP contribution in [0.5, 0.6) is 0 Å². The lowest BCUT2D eigenvalue weighted by Crippen LogP contribution is -2.11. The number of oxazole rings is 1. The molecular formula is C19H19BrN2O3S2. The van der Waals surface area contributed by atoms with E-state index in [1.54, 1.807) is 30.5 Å². The third-order valence-electron chi connectivity index (χ3n) is 4.73. The van der Waals surface area contributed by atoms with Gasteiger partial charge in [0.15, 0.2) is 11.7 Å². The molecule has 27 heavy (non-hydrogen) atoms. The van der Waals surface area contributed by atoms with E-state index in [4.69, 9.17) is 4.42 Å². The first-order chi connectivity index (χ1) is 12.9. The van der Waals surface area contributed by atoms with Gasteiger partial charge in [-0.2, -0.15) is 0 Å². The van der Waals surface area contributed by atoms with Gasteiger partial charge in [0.2, 0.25) is 0 Å². The van der Waals surface area contributed by atoms with Crippen LogP contribution in [0.1, 0.15) is 43.1 Å². The van der Waals surface area contributed by atoms with Gasteiger partial charge in [-0.3, -0.25) is 4.72 Å². The molecule has 1 N–H and O–H groups in total. The zero-order chi connectivity index (χ0) is 19.0. The molecule has 0 spiro atoms. The summed E-state index contributed by atoms with van der Waals surface area (Å²) < 4.78 is 35.1. The van der Waals surface area contributed by atoms with Crippen molar-refractivity contribution in [2.75, 3.05) is 4.72 Å². The number of hydrogen-bond acceptors (Lipinski definition) is 5. The highest BCUT2D eigenvalue weighted by molar-refractivity contribution is 9.10. The van der Waals surface area contributed by atoms with Crippen molar-refractivity contribution in [3.8, 4) is 10.6 Å². The van der Waals surface area contributed by atoms with Gasteiger partial charge in [-0.15, -0.1) is 11.3 Å². The number of nitrogens with zero attached hydrogens (tertiary/aromatic N) is 1. The van der Waals surface area contributed by atoms with E-state index in [0.717, 1.165) is 33.6 Å². The predicted octanol–water partition coefficient (Wildman–Crippen LogP) is 5.93. The summed E-state index contributed by atoms with van der Waals surface area (Å²) in [6.07, 6.45) is 6.35. The van der Waals surface area contributed by atoms with Gasteiger partial charge in [0.05, 0.1) is 11.1 Å². The van der Waals surface area contributed by atoms with Crippen LogP contribution >= 0.6 is 27.3 Å². The van der Waals surface area contributed by atoms with Crippen molar-refractivity contribution < 1.29 is 12.8 Å². The van der Waals surface area contributed by atoms with E-state index >= 15 is 0 Å². The minimum absolute atomic E-state index is 0.247. The van der Waals surface area contributed by atoms with E-state index in [1.165, 1.54) is 24.2 Å². The number of hydrogen-bond donors (Lipinski definition) is 1. The highest BCUT2D eigenvalue weighted by atomic mass is 79.9. The molecule has 2 aromatic heterocycles. The fourth-order valence-corrected chi connectivity index (χ4v) is 5.82. The fraction of sp³-hybridized carbons (Fsp3) is 0.316. The molecule has 0 amide bonds. The maximum Gasteiger partial charge on any atom is 0.271 e. The lowest BCUT2D eigenvalue weighted by molar-refractivity contribution is 0.458. The maximum absolute atomic E-state index is 12.7. The zero-order valence-corrected chi connectivity index (χ0v) is 18.0. The van der Waals surface area contributed by atoms with Crippen LogP contribution in [0, 0.1) is 6.92 Å². The number of aromatic nitrogens is 1. The van der Waals surface area contributed by atoms with Crippen LogP contribution in [-0.4, -0.2) is 13.4 Å². The third-order valence-corrected chi connectivity index (χ3v) is 8.59. The first-order valence-electron chi connectivity index (χ1n) is 8.77. The smallest absolute Gasteiger partial charge is 0.271 e. The zero-order valence-electron chi connectivity index (χ0n) is 14.7. The average molecular weight is 467 g/mol. The predicted molar refractivity (Wildman–Crippen MR) is 111 cm³/mol. The number of halogens is 1. The summed E-state index contributed by atoms with van der Waals surface area (Å²) in [4.78, 5) is 5.17. The summed E-state index contributed by atoms with van der Waals surface area (Å²) in [5, 5.41) is 0. The molecule has 1 fully saturated rings. The Labute approximate surface area is 171 Å². The summed E-state index contributed by atoms with van der Waals surface area (Å²) in [5.41, 5.74) is 1.50. The van der Waals surface area contributed by atoms with E-state index in [0.29, 0.717) is 17.4 Å². The lowest BCUT2D eigenvalue weighted by Gasteiger charge is -2.07. The monoisotopic (exact) mass is 466 g/mol. The largest absolute Gasteiger partial charge is 0.440 e. The summed E-state index contributed by atoms with van der Waals surface area (Å²) in [6, 6.07) is 8.72. The summed E-state index contributed by atoms with van der Waals surface area (Å²) >= 11 is 4.60. The van der Waals surface area contributed by atoms with Gasteiger partial charge in [0.1, 0.15) is 4.21 Å². The van der Waals surface area contributed by atoms with Gasteiger partial charge in [-0.1, -0.05) is 28.8 Å². The van der Waals surface area contributed by atoms with E-state index in [2.05, 4.69) is 25.6 Å². The van der Waals surface area contributed by atoms with Gasteiger partial charge in [0, 0.05) is 16.1 Å². The number of nitrogens with one attached hydrogen (secondary N) is 1. The second-order valence-corrected chi connectivity index (χ2v) is 10.6. The van der Waals surface area contributed by atoms with Crippen molar-refractivity contribution in [2.45, 2.75) is 42.7 Å². The van der Waals surface area contributed by atoms with Gasteiger partial charge in [-0.05, 0) is 55.7 Å². The Hall–Kier alpha value is -1.64. The topological polar surface area (TPSA) is 72.2 Å². The quantitative estimate of drug-likeness (QED) is 0.505. The third kappa shape index (κ3) is 3.97. The van der Waals surface area contributed by atoms with Crippen LogP contribution in [0.4, 0.5) is 5.69 Å². The minimum atomic E-state index is -3.65. The van der Waals surface area contributed by atoms with Gasteiger partial charge in [-0.25, -0.2) is 13.4 Å². The van der Waals surface area contributed by atoms with E-state index in [-0.39, 0.29) is 4.21 Å². The molecule has 0 bridgehead atoms. The molecular weight excluding hydrogens is 448 g/mol. The number of aryl methyl sites for hydroxylation is 1.